The molecule has 32 heavy (non-hydrogen) atoms. The van der Waals surface area contributed by atoms with E-state index in [1.165, 1.54) is 6.92 Å². The van der Waals surface area contributed by atoms with E-state index in [0.717, 1.165) is 16.4 Å². The molecule has 2 aliphatic rings. The van der Waals surface area contributed by atoms with Crippen LogP contribution in [0.15, 0.2) is 24.3 Å². The number of anilines is 2. The maximum atomic E-state index is 12.3. The van der Waals surface area contributed by atoms with Crippen molar-refractivity contribution >= 4 is 46.6 Å². The van der Waals surface area contributed by atoms with Crippen LogP contribution < -0.4 is 15.1 Å². The van der Waals surface area contributed by atoms with Gasteiger partial charge in [0.1, 0.15) is 6.10 Å². The van der Waals surface area contributed by atoms with Crippen molar-refractivity contribution in [1.82, 2.24) is 10.2 Å². The Morgan fingerprint density at radius 2 is 1.78 bits per heavy atom. The van der Waals surface area contributed by atoms with Gasteiger partial charge >= 0.3 is 12.1 Å². The van der Waals surface area contributed by atoms with E-state index >= 15 is 0 Å². The fourth-order valence-electron chi connectivity index (χ4n) is 3.57. The molecule has 9 nitrogen and oxygen atoms in total. The lowest BCUT2D eigenvalue weighted by atomic mass is 10.2. The number of hydrogen-bond donors (Lipinski definition) is 1. The molecule has 1 aromatic carbocycles. The quantitative estimate of drug-likeness (QED) is 0.485. The molecule has 0 spiro atoms. The fraction of sp³-hybridized carbons (Fsp3) is 0.545. The van der Waals surface area contributed by atoms with Crippen LogP contribution in [-0.2, 0) is 19.1 Å². The van der Waals surface area contributed by atoms with Gasteiger partial charge in [-0.2, -0.15) is 0 Å². The third-order valence-corrected chi connectivity index (χ3v) is 6.08. The molecule has 174 valence electrons. The topological polar surface area (TPSA) is 91.4 Å². The number of piperazine rings is 1. The highest BCUT2D eigenvalue weighted by atomic mass is 32.1. The Bertz CT molecular complexity index is 852. The van der Waals surface area contributed by atoms with E-state index in [1.54, 1.807) is 9.80 Å². The van der Waals surface area contributed by atoms with Crippen molar-refractivity contribution in [3.8, 4) is 0 Å². The second-order valence-corrected chi connectivity index (χ2v) is 8.62. The van der Waals surface area contributed by atoms with Gasteiger partial charge in [0.2, 0.25) is 0 Å². The number of esters is 1. The maximum Gasteiger partial charge on any atom is 0.414 e. The molecule has 0 radical (unpaired) electrons. The Morgan fingerprint density at radius 1 is 1.16 bits per heavy atom. The predicted octanol–water partition coefficient (Wildman–Crippen LogP) is 1.80. The van der Waals surface area contributed by atoms with Crippen molar-refractivity contribution in [2.24, 2.45) is 5.92 Å². The van der Waals surface area contributed by atoms with Crippen LogP contribution in [0.25, 0.3) is 0 Å². The third-order valence-electron chi connectivity index (χ3n) is 5.46. The first-order valence-corrected chi connectivity index (χ1v) is 11.2. The van der Waals surface area contributed by atoms with Crippen molar-refractivity contribution in [2.45, 2.75) is 26.9 Å². The number of amides is 2. The van der Waals surface area contributed by atoms with Gasteiger partial charge in [0.25, 0.3) is 5.91 Å². The van der Waals surface area contributed by atoms with Crippen LogP contribution in [0.1, 0.15) is 20.8 Å². The lowest BCUT2D eigenvalue weighted by Gasteiger charge is -2.36. The third kappa shape index (κ3) is 6.09. The van der Waals surface area contributed by atoms with Gasteiger partial charge in [-0.1, -0.05) is 26.1 Å². The summed E-state index contributed by atoms with van der Waals surface area (Å²) in [5.41, 5.74) is 1.80. The maximum absolute atomic E-state index is 12.3. The molecule has 0 aromatic heterocycles. The van der Waals surface area contributed by atoms with E-state index in [2.05, 4.69) is 10.2 Å². The highest BCUT2D eigenvalue weighted by Crippen LogP contribution is 2.25. The van der Waals surface area contributed by atoms with Crippen LogP contribution in [0, 0.1) is 5.92 Å². The van der Waals surface area contributed by atoms with Crippen LogP contribution in [0.4, 0.5) is 16.2 Å². The van der Waals surface area contributed by atoms with Crippen molar-refractivity contribution in [2.75, 3.05) is 55.7 Å². The van der Waals surface area contributed by atoms with E-state index in [-0.39, 0.29) is 30.6 Å². The van der Waals surface area contributed by atoms with Crippen LogP contribution in [0.2, 0.25) is 0 Å². The van der Waals surface area contributed by atoms with Crippen molar-refractivity contribution < 1.29 is 23.9 Å². The number of carbonyl (C=O) groups is 3. The van der Waals surface area contributed by atoms with E-state index < -0.39 is 5.97 Å². The zero-order chi connectivity index (χ0) is 23.3. The Hall–Kier alpha value is -2.88. The normalized spacial score (nSPS) is 18.6. The molecule has 0 bridgehead atoms. The SMILES string of the molecule is CC(=O)OCC(=O)N1CCN(c2ccc(N3C[C@H](CNC(=S)C(C)C)OC3=O)cc2)CC1. The standard InChI is InChI=1S/C22H30N4O5S/c1-15(2)21(32)23-12-19-13-26(22(29)31-19)18-6-4-17(5-7-18)24-8-10-25(11-9-24)20(28)14-30-16(3)27/h4-7,15,19H,8-14H2,1-3H3,(H,23,32)/t19-/m0/s1. The summed E-state index contributed by atoms with van der Waals surface area (Å²) < 4.78 is 10.2. The molecule has 0 aliphatic carbocycles. The summed E-state index contributed by atoms with van der Waals surface area (Å²) in [6.45, 7) is 8.56. The lowest BCUT2D eigenvalue weighted by molar-refractivity contribution is -0.150. The smallest absolute Gasteiger partial charge is 0.414 e. The lowest BCUT2D eigenvalue weighted by Crippen LogP contribution is -2.49. The first-order chi connectivity index (χ1) is 15.2. The number of cyclic esters (lactones) is 1. The van der Waals surface area contributed by atoms with Crippen LogP contribution in [0.5, 0.6) is 0 Å². The fourth-order valence-corrected chi connectivity index (χ4v) is 3.65. The van der Waals surface area contributed by atoms with Gasteiger partial charge in [-0.25, -0.2) is 4.79 Å². The zero-order valence-corrected chi connectivity index (χ0v) is 19.5. The summed E-state index contributed by atoms with van der Waals surface area (Å²) in [6, 6.07) is 7.75. The van der Waals surface area contributed by atoms with Gasteiger partial charge in [0.15, 0.2) is 6.61 Å². The molecule has 2 heterocycles. The van der Waals surface area contributed by atoms with Gasteiger partial charge in [-0.05, 0) is 24.3 Å². The van der Waals surface area contributed by atoms with Crippen molar-refractivity contribution in [3.05, 3.63) is 24.3 Å². The van der Waals surface area contributed by atoms with Crippen LogP contribution >= 0.6 is 12.2 Å². The number of nitrogens with zero attached hydrogens (tertiary/aromatic N) is 3. The van der Waals surface area contributed by atoms with Gasteiger partial charge in [0, 0.05) is 50.4 Å². The molecule has 1 aromatic rings. The number of thiocarbonyl (C=S) groups is 1. The highest BCUT2D eigenvalue weighted by Gasteiger charge is 2.32. The summed E-state index contributed by atoms with van der Waals surface area (Å²) in [7, 11) is 0. The number of ether oxygens (including phenoxy) is 2. The second-order valence-electron chi connectivity index (χ2n) is 8.18. The molecule has 2 amide bonds. The van der Waals surface area contributed by atoms with Gasteiger partial charge in [0.05, 0.1) is 18.1 Å². The molecule has 2 fully saturated rings. The number of rotatable bonds is 7. The Morgan fingerprint density at radius 3 is 2.38 bits per heavy atom. The zero-order valence-electron chi connectivity index (χ0n) is 18.7. The van der Waals surface area contributed by atoms with Crippen molar-refractivity contribution in [3.63, 3.8) is 0 Å². The largest absolute Gasteiger partial charge is 0.456 e. The predicted molar refractivity (Wildman–Crippen MR) is 125 cm³/mol. The first kappa shape index (κ1) is 23.8. The highest BCUT2D eigenvalue weighted by molar-refractivity contribution is 7.80. The molecular weight excluding hydrogens is 432 g/mol. The van der Waals surface area contributed by atoms with Gasteiger partial charge in [-0.3, -0.25) is 14.5 Å². The van der Waals surface area contributed by atoms with Gasteiger partial charge < -0.3 is 24.6 Å². The molecule has 0 saturated carbocycles. The van der Waals surface area contributed by atoms with E-state index in [0.29, 0.717) is 39.3 Å². The average Bonchev–Trinajstić information content (AvgIpc) is 3.16. The summed E-state index contributed by atoms with van der Waals surface area (Å²) in [4.78, 5) is 41.5. The number of hydrogen-bond acceptors (Lipinski definition) is 7. The molecule has 2 aliphatic heterocycles. The minimum Gasteiger partial charge on any atom is -0.456 e. The minimum absolute atomic E-state index is 0.180. The minimum atomic E-state index is -0.458. The summed E-state index contributed by atoms with van der Waals surface area (Å²) >= 11 is 5.27. The summed E-state index contributed by atoms with van der Waals surface area (Å²) in [5.74, 6) is -0.388. The Balaban J connectivity index is 1.50. The first-order valence-electron chi connectivity index (χ1n) is 10.8. The monoisotopic (exact) mass is 462 g/mol. The molecule has 1 atom stereocenters. The molecule has 10 heteroatoms. The molecule has 1 N–H and O–H groups in total. The molecule has 2 saturated heterocycles. The van der Waals surface area contributed by atoms with Crippen LogP contribution in [-0.4, -0.2) is 79.8 Å². The summed E-state index contributed by atoms with van der Waals surface area (Å²) in [5, 5.41) is 3.16. The second kappa shape index (κ2) is 10.6. The van der Waals surface area contributed by atoms with Gasteiger partial charge in [-0.15, -0.1) is 0 Å². The van der Waals surface area contributed by atoms with Crippen LogP contribution in [0.3, 0.4) is 0 Å². The van der Waals surface area contributed by atoms with E-state index in [9.17, 15) is 14.4 Å². The number of nitrogens with one attached hydrogen (secondary N) is 1. The molecule has 3 rings (SSSR count). The van der Waals surface area contributed by atoms with E-state index in [1.807, 2.05) is 38.1 Å². The van der Waals surface area contributed by atoms with Crippen molar-refractivity contribution in [1.29, 1.82) is 0 Å². The Kier molecular flexibility index (Phi) is 7.89. The average molecular weight is 463 g/mol. The Labute approximate surface area is 193 Å². The number of carbonyl (C=O) groups excluding carboxylic acids is 3. The molecular formula is C22H30N4O5S. The molecule has 0 unspecified atom stereocenters. The van der Waals surface area contributed by atoms with E-state index in [4.69, 9.17) is 21.7 Å². The summed E-state index contributed by atoms with van der Waals surface area (Å²) in [6.07, 6.45) is -0.614. The number of benzene rings is 1.